The van der Waals surface area contributed by atoms with Crippen molar-refractivity contribution in [3.8, 4) is 0 Å². The van der Waals surface area contributed by atoms with E-state index in [1.807, 2.05) is 0 Å². The van der Waals surface area contributed by atoms with Gasteiger partial charge in [0.25, 0.3) is 0 Å². The molecule has 2 N–H and O–H groups in total. The number of halogens is 3. The summed E-state index contributed by atoms with van der Waals surface area (Å²) in [5.74, 6) is -0.179. The highest BCUT2D eigenvalue weighted by Gasteiger charge is 2.26. The van der Waals surface area contributed by atoms with Gasteiger partial charge in [-0.3, -0.25) is 4.79 Å². The molecule has 1 heterocycles. The Morgan fingerprint density at radius 3 is 2.69 bits per heavy atom. The number of hydrogen-bond acceptors (Lipinski definition) is 2. The van der Waals surface area contributed by atoms with Gasteiger partial charge in [0.05, 0.1) is 6.04 Å². The van der Waals surface area contributed by atoms with Gasteiger partial charge in [-0.25, -0.2) is 0 Å². The van der Waals surface area contributed by atoms with Gasteiger partial charge < -0.3 is 10.6 Å². The van der Waals surface area contributed by atoms with Gasteiger partial charge in [-0.2, -0.15) is 13.2 Å². The van der Waals surface area contributed by atoms with Crippen LogP contribution in [0.25, 0.3) is 0 Å². The number of alkyl halides is 3. The molecule has 16 heavy (non-hydrogen) atoms. The fraction of sp³-hybridized carbons (Fsp3) is 0.900. The second-order valence-corrected chi connectivity index (χ2v) is 4.01. The molecule has 0 aromatic heterocycles. The number of carbonyl (C=O) groups is 1. The van der Waals surface area contributed by atoms with Crippen LogP contribution in [0.15, 0.2) is 0 Å². The molecule has 0 spiro atoms. The van der Waals surface area contributed by atoms with Gasteiger partial charge in [0.15, 0.2) is 0 Å². The lowest BCUT2D eigenvalue weighted by atomic mass is 10.0. The second-order valence-electron chi connectivity index (χ2n) is 4.01. The van der Waals surface area contributed by atoms with Gasteiger partial charge in [0.2, 0.25) is 5.91 Å². The molecule has 6 heteroatoms. The number of nitrogens with one attached hydrogen (secondary N) is 2. The first-order valence-corrected chi connectivity index (χ1v) is 5.57. The lowest BCUT2D eigenvalue weighted by Crippen LogP contribution is -2.46. The van der Waals surface area contributed by atoms with E-state index in [1.165, 1.54) is 0 Å². The molecule has 1 unspecified atom stereocenters. The maximum atomic E-state index is 11.8. The Balaban J connectivity index is 2.10. The van der Waals surface area contributed by atoms with Crippen LogP contribution in [0.4, 0.5) is 13.2 Å². The maximum absolute atomic E-state index is 11.8. The minimum Gasteiger partial charge on any atom is -0.355 e. The van der Waals surface area contributed by atoms with Gasteiger partial charge in [-0.15, -0.1) is 0 Å². The molecular weight excluding hydrogens is 221 g/mol. The quantitative estimate of drug-likeness (QED) is 0.730. The number of hydrogen-bond donors (Lipinski definition) is 2. The molecule has 0 bridgehead atoms. The summed E-state index contributed by atoms with van der Waals surface area (Å²) >= 11 is 0. The van der Waals surface area contributed by atoms with Crippen molar-refractivity contribution in [3.63, 3.8) is 0 Å². The Labute approximate surface area is 92.8 Å². The molecule has 1 fully saturated rings. The third-order valence-corrected chi connectivity index (χ3v) is 2.56. The van der Waals surface area contributed by atoms with E-state index in [9.17, 15) is 18.0 Å². The van der Waals surface area contributed by atoms with Gasteiger partial charge in [-0.05, 0) is 25.8 Å². The molecule has 0 aliphatic carbocycles. The van der Waals surface area contributed by atoms with E-state index in [0.29, 0.717) is 0 Å². The number of carbonyl (C=O) groups excluding carboxylic acids is 1. The molecule has 1 aliphatic rings. The summed E-state index contributed by atoms with van der Waals surface area (Å²) in [7, 11) is 0. The standard InChI is InChI=1S/C10H17F3N2O/c11-10(12,13)5-3-7-15-9(16)8-4-1-2-6-14-8/h8,14H,1-7H2,(H,15,16). The van der Waals surface area contributed by atoms with Gasteiger partial charge in [0, 0.05) is 13.0 Å². The summed E-state index contributed by atoms with van der Waals surface area (Å²) in [4.78, 5) is 11.5. The summed E-state index contributed by atoms with van der Waals surface area (Å²) in [5, 5.41) is 5.57. The number of amides is 1. The normalized spacial score (nSPS) is 21.8. The largest absolute Gasteiger partial charge is 0.389 e. The van der Waals surface area contributed by atoms with Crippen molar-refractivity contribution in [1.29, 1.82) is 0 Å². The average molecular weight is 238 g/mol. The highest BCUT2D eigenvalue weighted by atomic mass is 19.4. The first-order chi connectivity index (χ1) is 7.49. The second kappa shape index (κ2) is 6.08. The minimum atomic E-state index is -4.13. The van der Waals surface area contributed by atoms with Crippen molar-refractivity contribution in [2.75, 3.05) is 13.1 Å². The zero-order valence-corrected chi connectivity index (χ0v) is 9.07. The SMILES string of the molecule is O=C(NCCCC(F)(F)F)C1CCCCN1. The Bertz CT molecular complexity index is 225. The lowest BCUT2D eigenvalue weighted by molar-refractivity contribution is -0.136. The smallest absolute Gasteiger partial charge is 0.355 e. The number of rotatable bonds is 4. The van der Waals surface area contributed by atoms with E-state index in [1.54, 1.807) is 0 Å². The molecule has 1 saturated heterocycles. The molecule has 0 aromatic rings. The third-order valence-electron chi connectivity index (χ3n) is 2.56. The first-order valence-electron chi connectivity index (χ1n) is 5.57. The minimum absolute atomic E-state index is 0.0536. The Morgan fingerprint density at radius 2 is 2.12 bits per heavy atom. The lowest BCUT2D eigenvalue weighted by Gasteiger charge is -2.22. The zero-order valence-electron chi connectivity index (χ0n) is 9.07. The molecule has 0 radical (unpaired) electrons. The van der Waals surface area contributed by atoms with Crippen LogP contribution in [-0.2, 0) is 4.79 Å². The summed E-state index contributed by atoms with van der Waals surface area (Å²) < 4.78 is 35.4. The summed E-state index contributed by atoms with van der Waals surface area (Å²) in [6.45, 7) is 0.900. The highest BCUT2D eigenvalue weighted by Crippen LogP contribution is 2.20. The Morgan fingerprint density at radius 1 is 1.38 bits per heavy atom. The van der Waals surface area contributed by atoms with Crippen LogP contribution in [-0.4, -0.2) is 31.2 Å². The van der Waals surface area contributed by atoms with Crippen LogP contribution in [0.1, 0.15) is 32.1 Å². The van der Waals surface area contributed by atoms with Crippen molar-refractivity contribution in [3.05, 3.63) is 0 Å². The number of piperidine rings is 1. The zero-order chi connectivity index (χ0) is 12.0. The summed E-state index contributed by atoms with van der Waals surface area (Å²) in [6.07, 6.45) is -2.21. The fourth-order valence-electron chi connectivity index (χ4n) is 1.70. The van der Waals surface area contributed by atoms with E-state index in [0.717, 1.165) is 25.8 Å². The van der Waals surface area contributed by atoms with Crippen molar-refractivity contribution in [1.82, 2.24) is 10.6 Å². The van der Waals surface area contributed by atoms with Crippen LogP contribution in [0.3, 0.4) is 0 Å². The van der Waals surface area contributed by atoms with Gasteiger partial charge in [0.1, 0.15) is 0 Å². The van der Waals surface area contributed by atoms with Crippen LogP contribution in [0.2, 0.25) is 0 Å². The van der Waals surface area contributed by atoms with E-state index in [4.69, 9.17) is 0 Å². The van der Waals surface area contributed by atoms with Crippen molar-refractivity contribution in [2.24, 2.45) is 0 Å². The Kier molecular flexibility index (Phi) is 5.05. The third kappa shape index (κ3) is 5.34. The molecule has 1 atom stereocenters. The monoisotopic (exact) mass is 238 g/mol. The Hall–Kier alpha value is -0.780. The predicted molar refractivity (Wildman–Crippen MR) is 53.9 cm³/mol. The molecule has 1 rings (SSSR count). The summed E-state index contributed by atoms with van der Waals surface area (Å²) in [5.41, 5.74) is 0. The van der Waals surface area contributed by atoms with Crippen LogP contribution >= 0.6 is 0 Å². The van der Waals surface area contributed by atoms with E-state index < -0.39 is 12.6 Å². The topological polar surface area (TPSA) is 41.1 Å². The van der Waals surface area contributed by atoms with E-state index >= 15 is 0 Å². The van der Waals surface area contributed by atoms with Crippen LogP contribution in [0, 0.1) is 0 Å². The first kappa shape index (κ1) is 13.3. The fourth-order valence-corrected chi connectivity index (χ4v) is 1.70. The van der Waals surface area contributed by atoms with E-state index in [2.05, 4.69) is 10.6 Å². The van der Waals surface area contributed by atoms with Crippen molar-refractivity contribution >= 4 is 5.91 Å². The molecule has 1 amide bonds. The highest BCUT2D eigenvalue weighted by molar-refractivity contribution is 5.81. The molecule has 0 aromatic carbocycles. The summed E-state index contributed by atoms with van der Waals surface area (Å²) in [6, 6.07) is -0.223. The molecule has 0 saturated carbocycles. The molecule has 3 nitrogen and oxygen atoms in total. The van der Waals surface area contributed by atoms with Crippen LogP contribution in [0.5, 0.6) is 0 Å². The van der Waals surface area contributed by atoms with Crippen molar-refractivity contribution in [2.45, 2.75) is 44.3 Å². The van der Waals surface area contributed by atoms with Gasteiger partial charge in [-0.1, -0.05) is 6.42 Å². The predicted octanol–water partition coefficient (Wildman–Crippen LogP) is 1.59. The average Bonchev–Trinajstić information content (AvgIpc) is 2.24. The molecule has 1 aliphatic heterocycles. The van der Waals surface area contributed by atoms with Crippen molar-refractivity contribution < 1.29 is 18.0 Å². The maximum Gasteiger partial charge on any atom is 0.389 e. The van der Waals surface area contributed by atoms with Gasteiger partial charge >= 0.3 is 6.18 Å². The molecular formula is C10H17F3N2O. The molecule has 94 valence electrons. The van der Waals surface area contributed by atoms with Crippen LogP contribution < -0.4 is 10.6 Å². The van der Waals surface area contributed by atoms with E-state index in [-0.39, 0.29) is 24.9 Å².